The molecule has 136 valence electrons. The van der Waals surface area contributed by atoms with Gasteiger partial charge in [-0.1, -0.05) is 35.9 Å². The van der Waals surface area contributed by atoms with Crippen LogP contribution in [0.15, 0.2) is 48.5 Å². The second-order valence-corrected chi connectivity index (χ2v) is 6.53. The molecule has 3 rings (SSSR count). The summed E-state index contributed by atoms with van der Waals surface area (Å²) in [5.41, 5.74) is 3.92. The van der Waals surface area contributed by atoms with E-state index in [-0.39, 0.29) is 5.78 Å². The fourth-order valence-corrected chi connectivity index (χ4v) is 3.10. The van der Waals surface area contributed by atoms with Crippen molar-refractivity contribution in [1.29, 1.82) is 0 Å². The normalized spacial score (nSPS) is 15.3. The minimum absolute atomic E-state index is 0.00242. The first-order valence-corrected chi connectivity index (χ1v) is 8.92. The van der Waals surface area contributed by atoms with Gasteiger partial charge in [-0.25, -0.2) is 0 Å². The summed E-state index contributed by atoms with van der Waals surface area (Å²) in [7, 11) is 1.66. The molecule has 4 nitrogen and oxygen atoms in total. The maximum absolute atomic E-state index is 12.6. The molecule has 0 unspecified atom stereocenters. The Kier molecular flexibility index (Phi) is 6.21. The third-order valence-corrected chi connectivity index (χ3v) is 4.53. The molecule has 4 heteroatoms. The zero-order valence-electron chi connectivity index (χ0n) is 15.4. The van der Waals surface area contributed by atoms with E-state index < -0.39 is 0 Å². The average molecular weight is 351 g/mol. The highest BCUT2D eigenvalue weighted by Crippen LogP contribution is 2.23. The Morgan fingerprint density at radius 3 is 2.73 bits per heavy atom. The van der Waals surface area contributed by atoms with Crippen LogP contribution in [0.2, 0.25) is 0 Å². The molecule has 2 aromatic carbocycles. The number of ether oxygens (including phenoxy) is 2. The van der Waals surface area contributed by atoms with Crippen LogP contribution in [-0.2, 0) is 11.3 Å². The Hall–Kier alpha value is -2.43. The highest BCUT2D eigenvalue weighted by Gasteiger charge is 2.15. The molecule has 1 aliphatic heterocycles. The van der Waals surface area contributed by atoms with E-state index in [1.165, 1.54) is 5.56 Å². The third kappa shape index (κ3) is 4.81. The number of methoxy groups -OCH3 is 1. The molecule has 0 atom stereocenters. The van der Waals surface area contributed by atoms with E-state index in [1.54, 1.807) is 13.2 Å². The number of benzene rings is 2. The lowest BCUT2D eigenvalue weighted by Gasteiger charge is -2.27. The number of ketones is 1. The molecule has 0 spiro atoms. The van der Waals surface area contributed by atoms with Gasteiger partial charge in [-0.3, -0.25) is 9.69 Å². The number of nitrogens with zero attached hydrogens (tertiary/aromatic N) is 1. The zero-order valence-corrected chi connectivity index (χ0v) is 15.4. The number of allylic oxidation sites excluding steroid dienone is 1. The molecule has 1 fully saturated rings. The topological polar surface area (TPSA) is 38.8 Å². The summed E-state index contributed by atoms with van der Waals surface area (Å²) in [6.07, 6.45) is 3.50. The second kappa shape index (κ2) is 8.79. The van der Waals surface area contributed by atoms with Gasteiger partial charge in [0, 0.05) is 30.8 Å². The lowest BCUT2D eigenvalue weighted by molar-refractivity contribution is 0.0338. The number of rotatable bonds is 6. The molecule has 1 aliphatic rings. The minimum atomic E-state index is -0.00242. The quantitative estimate of drug-likeness (QED) is 0.587. The van der Waals surface area contributed by atoms with Crippen molar-refractivity contribution in [3.05, 3.63) is 70.8 Å². The molecule has 0 aromatic heterocycles. The Morgan fingerprint density at radius 1 is 1.19 bits per heavy atom. The van der Waals surface area contributed by atoms with Crippen molar-refractivity contribution >= 4 is 11.9 Å². The molecular formula is C22H25NO3. The van der Waals surface area contributed by atoms with Gasteiger partial charge in [0.1, 0.15) is 5.75 Å². The summed E-state index contributed by atoms with van der Waals surface area (Å²) in [6.45, 7) is 6.10. The predicted molar refractivity (Wildman–Crippen MR) is 104 cm³/mol. The van der Waals surface area contributed by atoms with Gasteiger partial charge in [-0.2, -0.15) is 0 Å². The maximum atomic E-state index is 12.6. The molecule has 2 aromatic rings. The van der Waals surface area contributed by atoms with Gasteiger partial charge >= 0.3 is 0 Å². The van der Waals surface area contributed by atoms with Crippen molar-refractivity contribution in [2.24, 2.45) is 0 Å². The number of hydrogen-bond donors (Lipinski definition) is 0. The summed E-state index contributed by atoms with van der Waals surface area (Å²) >= 11 is 0. The molecular weight excluding hydrogens is 326 g/mol. The van der Waals surface area contributed by atoms with E-state index in [4.69, 9.17) is 9.47 Å². The molecule has 1 saturated heterocycles. The number of carbonyl (C=O) groups is 1. The summed E-state index contributed by atoms with van der Waals surface area (Å²) in [5.74, 6) is 0.813. The van der Waals surface area contributed by atoms with Gasteiger partial charge in [0.2, 0.25) is 0 Å². The van der Waals surface area contributed by atoms with Crippen LogP contribution >= 0.6 is 0 Å². The number of morpholine rings is 1. The summed E-state index contributed by atoms with van der Waals surface area (Å²) in [4.78, 5) is 14.9. The van der Waals surface area contributed by atoms with Gasteiger partial charge in [0.05, 0.1) is 20.3 Å². The highest BCUT2D eigenvalue weighted by molar-refractivity contribution is 6.07. The Bertz CT molecular complexity index is 792. The first-order chi connectivity index (χ1) is 12.7. The van der Waals surface area contributed by atoms with E-state index in [0.29, 0.717) is 5.56 Å². The lowest BCUT2D eigenvalue weighted by atomic mass is 10.0. The lowest BCUT2D eigenvalue weighted by Crippen LogP contribution is -2.35. The molecule has 0 aliphatic carbocycles. The second-order valence-electron chi connectivity index (χ2n) is 6.53. The fourth-order valence-electron chi connectivity index (χ4n) is 3.10. The van der Waals surface area contributed by atoms with Crippen LogP contribution in [0.25, 0.3) is 6.08 Å². The molecule has 0 radical (unpaired) electrons. The van der Waals surface area contributed by atoms with Crippen molar-refractivity contribution in [3.8, 4) is 5.75 Å². The van der Waals surface area contributed by atoms with Crippen molar-refractivity contribution in [1.82, 2.24) is 4.90 Å². The van der Waals surface area contributed by atoms with Crippen LogP contribution in [0.5, 0.6) is 5.75 Å². The van der Waals surface area contributed by atoms with Gasteiger partial charge in [-0.05, 0) is 36.8 Å². The molecule has 0 N–H and O–H groups in total. The zero-order chi connectivity index (χ0) is 18.4. The SMILES string of the molecule is COc1ccc(C(=O)/C=C/c2cccc(C)c2)cc1CN1CCOCC1. The van der Waals surface area contributed by atoms with E-state index in [1.807, 2.05) is 49.4 Å². The standard InChI is InChI=1S/C22H25NO3/c1-17-4-3-5-18(14-17)6-8-21(24)19-7-9-22(25-2)20(15-19)16-23-10-12-26-13-11-23/h3-9,14-15H,10-13,16H2,1-2H3/b8-6+. The van der Waals surface area contributed by atoms with Gasteiger partial charge in [-0.15, -0.1) is 0 Å². The summed E-state index contributed by atoms with van der Waals surface area (Å²) < 4.78 is 10.9. The van der Waals surface area contributed by atoms with Crippen LogP contribution < -0.4 is 4.74 Å². The maximum Gasteiger partial charge on any atom is 0.185 e. The van der Waals surface area contributed by atoms with Gasteiger partial charge in [0.25, 0.3) is 0 Å². The first-order valence-electron chi connectivity index (χ1n) is 8.92. The van der Waals surface area contributed by atoms with Crippen LogP contribution in [0.1, 0.15) is 27.0 Å². The predicted octanol–water partition coefficient (Wildman–Crippen LogP) is 3.73. The van der Waals surface area contributed by atoms with E-state index in [0.717, 1.165) is 49.7 Å². The van der Waals surface area contributed by atoms with E-state index in [2.05, 4.69) is 11.0 Å². The monoisotopic (exact) mass is 351 g/mol. The highest BCUT2D eigenvalue weighted by atomic mass is 16.5. The number of carbonyl (C=O) groups excluding carboxylic acids is 1. The van der Waals surface area contributed by atoms with E-state index in [9.17, 15) is 4.79 Å². The molecule has 26 heavy (non-hydrogen) atoms. The van der Waals surface area contributed by atoms with Crippen LogP contribution in [0.3, 0.4) is 0 Å². The number of hydrogen-bond acceptors (Lipinski definition) is 4. The molecule has 0 bridgehead atoms. The van der Waals surface area contributed by atoms with Crippen molar-refractivity contribution < 1.29 is 14.3 Å². The van der Waals surface area contributed by atoms with Crippen molar-refractivity contribution in [2.45, 2.75) is 13.5 Å². The first kappa shape index (κ1) is 18.4. The Morgan fingerprint density at radius 2 is 2.00 bits per heavy atom. The Labute approximate surface area is 155 Å². The van der Waals surface area contributed by atoms with Crippen molar-refractivity contribution in [3.63, 3.8) is 0 Å². The van der Waals surface area contributed by atoms with Gasteiger partial charge < -0.3 is 9.47 Å². The van der Waals surface area contributed by atoms with Crippen molar-refractivity contribution in [2.75, 3.05) is 33.4 Å². The third-order valence-electron chi connectivity index (χ3n) is 4.53. The summed E-state index contributed by atoms with van der Waals surface area (Å²) in [6, 6.07) is 13.7. The minimum Gasteiger partial charge on any atom is -0.496 e. The number of aryl methyl sites for hydroxylation is 1. The van der Waals surface area contributed by atoms with Crippen LogP contribution in [0.4, 0.5) is 0 Å². The Balaban J connectivity index is 1.76. The largest absolute Gasteiger partial charge is 0.496 e. The van der Waals surface area contributed by atoms with E-state index >= 15 is 0 Å². The van der Waals surface area contributed by atoms with Gasteiger partial charge in [0.15, 0.2) is 5.78 Å². The molecule has 1 heterocycles. The van der Waals surface area contributed by atoms with Crippen LogP contribution in [0, 0.1) is 6.92 Å². The smallest absolute Gasteiger partial charge is 0.185 e. The summed E-state index contributed by atoms with van der Waals surface area (Å²) in [5, 5.41) is 0. The average Bonchev–Trinajstić information content (AvgIpc) is 2.67. The fraction of sp³-hybridized carbons (Fsp3) is 0.318. The molecule has 0 saturated carbocycles. The molecule has 0 amide bonds. The van der Waals surface area contributed by atoms with Crippen LogP contribution in [-0.4, -0.2) is 44.1 Å².